The van der Waals surface area contributed by atoms with E-state index in [4.69, 9.17) is 0 Å². The minimum atomic E-state index is -5.87. The molecular weight excluding hydrogens is 263 g/mol. The quantitative estimate of drug-likeness (QED) is 0.472. The summed E-state index contributed by atoms with van der Waals surface area (Å²) in [7, 11) is 0. The molecule has 0 radical (unpaired) electrons. The van der Waals surface area contributed by atoms with Gasteiger partial charge >= 0.3 is 12.1 Å². The Bertz CT molecular complexity index is 410. The van der Waals surface area contributed by atoms with Crippen molar-refractivity contribution >= 4 is 17.5 Å². The van der Waals surface area contributed by atoms with Crippen molar-refractivity contribution in [3.63, 3.8) is 0 Å². The number of benzene rings is 1. The average molecular weight is 270 g/mol. The second-order valence-electron chi connectivity index (χ2n) is 3.13. The van der Waals surface area contributed by atoms with E-state index in [2.05, 4.69) is 0 Å². The van der Waals surface area contributed by atoms with Crippen molar-refractivity contribution in [2.24, 2.45) is 0 Å². The van der Waals surface area contributed by atoms with Crippen LogP contribution in [0.3, 0.4) is 0 Å². The van der Waals surface area contributed by atoms with Gasteiger partial charge in [-0.1, -0.05) is 12.1 Å². The Hall–Kier alpha value is -1.11. The zero-order valence-electron chi connectivity index (χ0n) is 8.52. The SMILES string of the molecule is CSc1ccc(C(=O)C(F)(F)C(F)(F)F)cc1. The maximum absolute atomic E-state index is 12.7. The minimum absolute atomic E-state index is 0.662. The van der Waals surface area contributed by atoms with Gasteiger partial charge in [-0.25, -0.2) is 0 Å². The van der Waals surface area contributed by atoms with Crippen LogP contribution in [0.25, 0.3) is 0 Å². The van der Waals surface area contributed by atoms with Gasteiger partial charge in [-0.3, -0.25) is 4.79 Å². The van der Waals surface area contributed by atoms with Gasteiger partial charge in [0.25, 0.3) is 0 Å². The highest BCUT2D eigenvalue weighted by Gasteiger charge is 2.63. The van der Waals surface area contributed by atoms with Crippen LogP contribution in [-0.4, -0.2) is 24.1 Å². The molecule has 0 aliphatic rings. The highest BCUT2D eigenvalue weighted by Crippen LogP contribution is 2.38. The number of hydrogen-bond acceptors (Lipinski definition) is 2. The molecule has 0 atom stereocenters. The summed E-state index contributed by atoms with van der Waals surface area (Å²) in [5, 5.41) is 0. The van der Waals surface area contributed by atoms with Crippen LogP contribution in [0, 0.1) is 0 Å². The molecule has 0 aliphatic heterocycles. The van der Waals surface area contributed by atoms with Gasteiger partial charge in [0.05, 0.1) is 0 Å². The lowest BCUT2D eigenvalue weighted by Crippen LogP contribution is -2.44. The predicted octanol–water partition coefficient (Wildman–Crippen LogP) is 3.79. The Morgan fingerprint density at radius 1 is 1.06 bits per heavy atom. The van der Waals surface area contributed by atoms with Crippen molar-refractivity contribution in [1.82, 2.24) is 0 Å². The number of hydrogen-bond donors (Lipinski definition) is 0. The molecule has 0 aliphatic carbocycles. The molecule has 94 valence electrons. The average Bonchev–Trinajstić information content (AvgIpc) is 2.26. The third kappa shape index (κ3) is 2.77. The second-order valence-corrected chi connectivity index (χ2v) is 4.01. The molecule has 0 unspecified atom stereocenters. The van der Waals surface area contributed by atoms with Crippen molar-refractivity contribution in [2.75, 3.05) is 6.26 Å². The van der Waals surface area contributed by atoms with Gasteiger partial charge in [-0.05, 0) is 18.4 Å². The maximum Gasteiger partial charge on any atom is 0.461 e. The Labute approximate surface area is 98.0 Å². The summed E-state index contributed by atoms with van der Waals surface area (Å²) in [5.41, 5.74) is -0.662. The highest BCUT2D eigenvalue weighted by atomic mass is 32.2. The fourth-order valence-electron chi connectivity index (χ4n) is 1.05. The van der Waals surface area contributed by atoms with E-state index in [9.17, 15) is 26.7 Å². The number of carbonyl (C=O) groups is 1. The summed E-state index contributed by atoms with van der Waals surface area (Å²) in [5.74, 6) is -7.59. The Kier molecular flexibility index (Phi) is 3.81. The summed E-state index contributed by atoms with van der Waals surface area (Å²) in [6, 6.07) is 4.52. The standard InChI is InChI=1S/C10H7F5OS/c1-17-7-4-2-6(3-5-7)8(16)9(11,12)10(13,14)15/h2-5H,1H3. The summed E-state index contributed by atoms with van der Waals surface area (Å²) in [6.07, 6.45) is -4.16. The molecule has 1 rings (SSSR count). The summed E-state index contributed by atoms with van der Waals surface area (Å²) >= 11 is 1.28. The van der Waals surface area contributed by atoms with E-state index < -0.39 is 23.4 Å². The highest BCUT2D eigenvalue weighted by molar-refractivity contribution is 7.98. The van der Waals surface area contributed by atoms with E-state index in [-0.39, 0.29) is 0 Å². The van der Waals surface area contributed by atoms with E-state index >= 15 is 0 Å². The first-order chi connectivity index (χ1) is 7.70. The fourth-order valence-corrected chi connectivity index (χ4v) is 1.46. The first-order valence-corrected chi connectivity index (χ1v) is 5.56. The van der Waals surface area contributed by atoms with Crippen LogP contribution in [0.5, 0.6) is 0 Å². The van der Waals surface area contributed by atoms with E-state index in [1.165, 1.54) is 23.9 Å². The zero-order chi connectivity index (χ0) is 13.3. The number of ketones is 1. The normalized spacial score (nSPS) is 12.6. The van der Waals surface area contributed by atoms with Gasteiger partial charge in [0.1, 0.15) is 0 Å². The molecule has 0 aromatic heterocycles. The number of rotatable bonds is 3. The maximum atomic E-state index is 12.7. The zero-order valence-corrected chi connectivity index (χ0v) is 9.33. The third-order valence-corrected chi connectivity index (χ3v) is 2.74. The molecule has 1 nitrogen and oxygen atoms in total. The molecule has 7 heteroatoms. The topological polar surface area (TPSA) is 17.1 Å². The van der Waals surface area contributed by atoms with Gasteiger partial charge in [-0.2, -0.15) is 22.0 Å². The van der Waals surface area contributed by atoms with Gasteiger partial charge in [0.15, 0.2) is 0 Å². The number of carbonyl (C=O) groups excluding carboxylic acids is 1. The largest absolute Gasteiger partial charge is 0.461 e. The van der Waals surface area contributed by atoms with Gasteiger partial charge in [0.2, 0.25) is 5.78 Å². The van der Waals surface area contributed by atoms with Gasteiger partial charge in [0, 0.05) is 10.5 Å². The number of alkyl halides is 5. The summed E-state index contributed by atoms with van der Waals surface area (Å²) in [4.78, 5) is 11.7. The number of thioether (sulfide) groups is 1. The second kappa shape index (κ2) is 4.64. The van der Waals surface area contributed by atoms with Crippen LogP contribution in [0.2, 0.25) is 0 Å². The van der Waals surface area contributed by atoms with Crippen molar-refractivity contribution in [3.8, 4) is 0 Å². The van der Waals surface area contributed by atoms with Crippen molar-refractivity contribution in [1.29, 1.82) is 0 Å². The molecular formula is C10H7F5OS. The Balaban J connectivity index is 3.04. The predicted molar refractivity (Wildman–Crippen MR) is 53.6 cm³/mol. The first kappa shape index (κ1) is 14.0. The van der Waals surface area contributed by atoms with Crippen LogP contribution in [0.15, 0.2) is 29.2 Å². The van der Waals surface area contributed by atoms with Crippen molar-refractivity contribution in [3.05, 3.63) is 29.8 Å². The van der Waals surface area contributed by atoms with E-state index in [0.29, 0.717) is 4.90 Å². The lowest BCUT2D eigenvalue weighted by molar-refractivity contribution is -0.255. The van der Waals surface area contributed by atoms with Crippen LogP contribution < -0.4 is 0 Å². The molecule has 0 fully saturated rings. The Morgan fingerprint density at radius 2 is 1.53 bits per heavy atom. The monoisotopic (exact) mass is 270 g/mol. The van der Waals surface area contributed by atoms with Crippen LogP contribution in [0.4, 0.5) is 22.0 Å². The molecule has 0 saturated heterocycles. The molecule has 1 aromatic rings. The summed E-state index contributed by atoms with van der Waals surface area (Å²) in [6.45, 7) is 0. The Morgan fingerprint density at radius 3 is 1.88 bits per heavy atom. The molecule has 1 aromatic carbocycles. The number of Topliss-reactive ketones (excluding diaryl/α,β-unsaturated/α-hetero) is 1. The van der Waals surface area contributed by atoms with Crippen LogP contribution in [0.1, 0.15) is 10.4 Å². The third-order valence-electron chi connectivity index (χ3n) is 1.99. The smallest absolute Gasteiger partial charge is 0.287 e. The number of halogens is 5. The molecule has 17 heavy (non-hydrogen) atoms. The van der Waals surface area contributed by atoms with Gasteiger partial charge < -0.3 is 0 Å². The molecule has 0 N–H and O–H groups in total. The lowest BCUT2D eigenvalue weighted by Gasteiger charge is -2.18. The van der Waals surface area contributed by atoms with E-state index in [1.807, 2.05) is 0 Å². The first-order valence-electron chi connectivity index (χ1n) is 4.33. The van der Waals surface area contributed by atoms with Gasteiger partial charge in [-0.15, -0.1) is 11.8 Å². The lowest BCUT2D eigenvalue weighted by atomic mass is 10.1. The molecule has 0 bridgehead atoms. The van der Waals surface area contributed by atoms with Crippen LogP contribution in [-0.2, 0) is 0 Å². The van der Waals surface area contributed by atoms with E-state index in [0.717, 1.165) is 12.1 Å². The molecule has 0 saturated carbocycles. The van der Waals surface area contributed by atoms with Crippen molar-refractivity contribution in [2.45, 2.75) is 17.0 Å². The van der Waals surface area contributed by atoms with Crippen LogP contribution >= 0.6 is 11.8 Å². The fraction of sp³-hybridized carbons (Fsp3) is 0.300. The molecule has 0 heterocycles. The minimum Gasteiger partial charge on any atom is -0.287 e. The van der Waals surface area contributed by atoms with Crippen molar-refractivity contribution < 1.29 is 26.7 Å². The summed E-state index contributed by atoms with van der Waals surface area (Å²) < 4.78 is 61.2. The molecule has 0 amide bonds. The molecule has 0 spiro atoms. The van der Waals surface area contributed by atoms with E-state index in [1.54, 1.807) is 6.26 Å².